The van der Waals surface area contributed by atoms with Gasteiger partial charge in [-0.15, -0.1) is 11.3 Å². The smallest absolute Gasteiger partial charge is 0.414 e. The highest BCUT2D eigenvalue weighted by molar-refractivity contribution is 7.17. The second-order valence-corrected chi connectivity index (χ2v) is 8.18. The molecule has 3 aromatic rings. The zero-order chi connectivity index (χ0) is 18.3. The number of carbonyl (C=O) groups is 1. The van der Waals surface area contributed by atoms with Gasteiger partial charge in [0, 0.05) is 40.6 Å². The van der Waals surface area contributed by atoms with Crippen molar-refractivity contribution in [3.63, 3.8) is 0 Å². The van der Waals surface area contributed by atoms with E-state index in [0.717, 1.165) is 30.9 Å². The fourth-order valence-electron chi connectivity index (χ4n) is 2.90. The van der Waals surface area contributed by atoms with E-state index in [1.54, 1.807) is 28.6 Å². The molecule has 3 heterocycles. The monoisotopic (exact) mass is 365 g/mol. The number of rotatable bonds is 0. The molecule has 0 fully saturated rings. The summed E-state index contributed by atoms with van der Waals surface area (Å²) in [4.78, 5) is 23.2. The van der Waals surface area contributed by atoms with E-state index in [9.17, 15) is 4.79 Å². The molecular weight excluding hydrogens is 346 g/mol. The first-order valence-electron chi connectivity index (χ1n) is 8.43. The number of hydrogen-bond acceptors (Lipinski definition) is 5. The number of carbonyl (C=O) groups excluding carboxylic acids is 1. The Bertz CT molecular complexity index is 1160. The second-order valence-electron chi connectivity index (χ2n) is 7.10. The maximum Gasteiger partial charge on any atom is 0.414 e. The number of fused-ring (bicyclic) bond motifs is 5. The maximum atomic E-state index is 12.5. The molecule has 0 saturated heterocycles. The van der Waals surface area contributed by atoms with Gasteiger partial charge in [-0.3, -0.25) is 14.9 Å². The zero-order valence-electron chi connectivity index (χ0n) is 14.9. The molecule has 132 valence electrons. The van der Waals surface area contributed by atoms with E-state index in [1.165, 1.54) is 0 Å². The highest BCUT2D eigenvalue weighted by Crippen LogP contribution is 2.23. The van der Waals surface area contributed by atoms with E-state index in [2.05, 4.69) is 22.1 Å². The molecule has 5 nitrogen and oxygen atoms in total. The summed E-state index contributed by atoms with van der Waals surface area (Å²) in [5.74, 6) is 0. The lowest BCUT2D eigenvalue weighted by molar-refractivity contribution is 0.0377. The summed E-state index contributed by atoms with van der Waals surface area (Å²) in [7, 11) is 0. The second kappa shape index (κ2) is 6.21. The number of amides is 1. The lowest BCUT2D eigenvalue weighted by Gasteiger charge is -2.24. The van der Waals surface area contributed by atoms with Crippen molar-refractivity contribution in [1.29, 1.82) is 0 Å². The summed E-state index contributed by atoms with van der Waals surface area (Å²) >= 11 is 1.62. The first kappa shape index (κ1) is 16.7. The maximum absolute atomic E-state index is 12.5. The number of pyridine rings is 1. The van der Waals surface area contributed by atoms with Crippen LogP contribution in [0.5, 0.6) is 0 Å². The fraction of sp³-hybridized carbons (Fsp3) is 0.250. The first-order valence-corrected chi connectivity index (χ1v) is 9.25. The van der Waals surface area contributed by atoms with E-state index in [4.69, 9.17) is 4.74 Å². The molecule has 0 radical (unpaired) electrons. The predicted octanol–water partition coefficient (Wildman–Crippen LogP) is 3.57. The van der Waals surface area contributed by atoms with Crippen molar-refractivity contribution in [3.8, 4) is 0 Å². The average molecular weight is 365 g/mol. The highest BCUT2D eigenvalue weighted by Gasteiger charge is 2.21. The topological polar surface area (TPSA) is 54.8 Å². The van der Waals surface area contributed by atoms with Crippen molar-refractivity contribution < 1.29 is 9.53 Å². The molecule has 4 rings (SSSR count). The van der Waals surface area contributed by atoms with Gasteiger partial charge in [-0.2, -0.15) is 0 Å². The summed E-state index contributed by atoms with van der Waals surface area (Å²) in [6, 6.07) is 8.07. The van der Waals surface area contributed by atoms with Crippen molar-refractivity contribution in [2.75, 3.05) is 6.54 Å². The van der Waals surface area contributed by atoms with Gasteiger partial charge in [-0.1, -0.05) is 6.07 Å². The average Bonchev–Trinajstić information content (AvgIpc) is 2.90. The molecule has 0 N–H and O–H groups in total. The quantitative estimate of drug-likeness (QED) is 0.612. The third-order valence-corrected chi connectivity index (χ3v) is 5.03. The van der Waals surface area contributed by atoms with Crippen LogP contribution in [0.15, 0.2) is 47.7 Å². The minimum atomic E-state index is -0.535. The Kier molecular flexibility index (Phi) is 4.00. The molecule has 0 atom stereocenters. The van der Waals surface area contributed by atoms with Gasteiger partial charge < -0.3 is 4.74 Å². The SMILES string of the molecule is CC(C)(C)OC(=O)N1C=c2sc3ccc4ncccc4c3c2=NC=CC1. The van der Waals surface area contributed by atoms with Crippen LogP contribution in [0.1, 0.15) is 20.8 Å². The lowest BCUT2D eigenvalue weighted by Crippen LogP contribution is -2.36. The Morgan fingerprint density at radius 2 is 2.12 bits per heavy atom. The number of aromatic nitrogens is 1. The van der Waals surface area contributed by atoms with Crippen LogP contribution in [-0.4, -0.2) is 28.1 Å². The molecule has 6 heteroatoms. The van der Waals surface area contributed by atoms with Crippen LogP contribution in [0.4, 0.5) is 4.79 Å². The number of benzene rings is 1. The largest absolute Gasteiger partial charge is 0.443 e. The van der Waals surface area contributed by atoms with Crippen LogP contribution in [0, 0.1) is 0 Å². The molecule has 0 spiro atoms. The van der Waals surface area contributed by atoms with Crippen LogP contribution in [-0.2, 0) is 4.74 Å². The number of thiophene rings is 1. The number of nitrogens with zero attached hydrogens (tertiary/aromatic N) is 3. The van der Waals surface area contributed by atoms with Gasteiger partial charge in [0.2, 0.25) is 0 Å². The molecule has 1 aliphatic rings. The minimum absolute atomic E-state index is 0.362. The Balaban J connectivity index is 1.94. The van der Waals surface area contributed by atoms with Crippen LogP contribution in [0.25, 0.3) is 27.2 Å². The molecule has 0 unspecified atom stereocenters. The lowest BCUT2D eigenvalue weighted by atomic mass is 10.1. The summed E-state index contributed by atoms with van der Waals surface area (Å²) < 4.78 is 7.58. The Labute approximate surface area is 154 Å². The summed E-state index contributed by atoms with van der Waals surface area (Å²) in [5, 5.41) is 3.01. The van der Waals surface area contributed by atoms with Gasteiger partial charge >= 0.3 is 6.09 Å². The molecule has 0 aliphatic carbocycles. The first-order chi connectivity index (χ1) is 12.4. The predicted molar refractivity (Wildman–Crippen MR) is 104 cm³/mol. The Morgan fingerprint density at radius 3 is 2.92 bits per heavy atom. The van der Waals surface area contributed by atoms with Crippen LogP contribution in [0.2, 0.25) is 0 Å². The Morgan fingerprint density at radius 1 is 1.27 bits per heavy atom. The van der Waals surface area contributed by atoms with Crippen molar-refractivity contribution in [3.05, 3.63) is 52.6 Å². The summed E-state index contributed by atoms with van der Waals surface area (Å²) in [5.41, 5.74) is 0.400. The number of hydrogen-bond donors (Lipinski definition) is 0. The molecule has 0 saturated carbocycles. The molecule has 2 aromatic heterocycles. The van der Waals surface area contributed by atoms with E-state index < -0.39 is 5.60 Å². The standard InChI is InChI=1S/C20H19N3O2S/c1-20(2,3)25-19(24)23-11-5-10-22-18-16(12-23)26-15-8-7-14-13(17(15)18)6-4-9-21-14/h4-10,12H,11H2,1-3H3. The Hall–Kier alpha value is -2.73. The van der Waals surface area contributed by atoms with E-state index in [0.29, 0.717) is 6.54 Å². The van der Waals surface area contributed by atoms with E-state index in [-0.39, 0.29) is 6.09 Å². The normalized spacial score (nSPS) is 14.3. The van der Waals surface area contributed by atoms with Crippen LogP contribution < -0.4 is 9.89 Å². The molecular formula is C20H19N3O2S. The fourth-order valence-corrected chi connectivity index (χ4v) is 4.01. The van der Waals surface area contributed by atoms with Crippen molar-refractivity contribution in [1.82, 2.24) is 9.88 Å². The van der Waals surface area contributed by atoms with Gasteiger partial charge in [0.05, 0.1) is 15.4 Å². The molecule has 1 aromatic carbocycles. The van der Waals surface area contributed by atoms with Crippen molar-refractivity contribution in [2.45, 2.75) is 26.4 Å². The summed E-state index contributed by atoms with van der Waals surface area (Å²) in [6.45, 7) is 6.02. The molecule has 1 amide bonds. The van der Waals surface area contributed by atoms with Gasteiger partial charge in [-0.05, 0) is 45.0 Å². The highest BCUT2D eigenvalue weighted by atomic mass is 32.1. The molecule has 26 heavy (non-hydrogen) atoms. The van der Waals surface area contributed by atoms with Gasteiger partial charge in [0.15, 0.2) is 0 Å². The molecule has 1 aliphatic heterocycles. The van der Waals surface area contributed by atoms with E-state index in [1.807, 2.05) is 45.2 Å². The van der Waals surface area contributed by atoms with Gasteiger partial charge in [0.25, 0.3) is 0 Å². The van der Waals surface area contributed by atoms with Crippen molar-refractivity contribution in [2.24, 2.45) is 4.99 Å². The third-order valence-electron chi connectivity index (χ3n) is 3.95. The van der Waals surface area contributed by atoms with Crippen molar-refractivity contribution >= 4 is 44.6 Å². The van der Waals surface area contributed by atoms with E-state index >= 15 is 0 Å². The third kappa shape index (κ3) is 3.08. The molecule has 0 bridgehead atoms. The van der Waals surface area contributed by atoms with Gasteiger partial charge in [-0.25, -0.2) is 4.79 Å². The zero-order valence-corrected chi connectivity index (χ0v) is 15.7. The minimum Gasteiger partial charge on any atom is -0.443 e. The van der Waals surface area contributed by atoms with Crippen LogP contribution >= 0.6 is 11.3 Å². The summed E-state index contributed by atoms with van der Waals surface area (Å²) in [6.07, 6.45) is 6.88. The van der Waals surface area contributed by atoms with Crippen LogP contribution in [0.3, 0.4) is 0 Å². The number of ether oxygens (including phenoxy) is 1. The van der Waals surface area contributed by atoms with Gasteiger partial charge in [0.1, 0.15) is 5.60 Å².